The minimum Gasteiger partial charge on any atom is -0.481 e. The van der Waals surface area contributed by atoms with Gasteiger partial charge in [0.25, 0.3) is 0 Å². The van der Waals surface area contributed by atoms with Crippen LogP contribution in [0.5, 0.6) is 0 Å². The number of aromatic nitrogens is 2. The standard InChI is InChI=1S/C58H86N16O15/c1-30(2)22-39(51(83)66-37(18-13-21-64-58(61)62)50(82)67-38(48(60)80)23-33-14-9-7-10-15-33)69-52(84)40(24-34-16-11-8-12-17-34)70-55(87)43(28-75)72-53(85)41(25-35-27-63-29-65-35)71-56(88)46(31(3)4)74-57(89)47(32(5)6)73-54(86)42(26-45(78)79)68-49(81)36(59)19-20-44(76)77/h7-12,14-17,27,29-32,36-43,46-47,75H,13,18-26,28,59H2,1-6H3,(H2,60,80)(H,63,65)(H,66,83)(H,67,82)(H,68,81)(H,69,84)(H,70,87)(H,71,88)(H,72,85)(H,73,86)(H,74,89)(H,76,77)(H,78,79)(H4,61,62,64). The second-order valence-corrected chi connectivity index (χ2v) is 22.3. The first-order valence-corrected chi connectivity index (χ1v) is 28.9. The van der Waals surface area contributed by atoms with Gasteiger partial charge in [0, 0.05) is 44.1 Å². The number of carbonyl (C=O) groups is 12. The van der Waals surface area contributed by atoms with Crippen LogP contribution in [0.25, 0.3) is 0 Å². The van der Waals surface area contributed by atoms with E-state index in [0.717, 1.165) is 0 Å². The van der Waals surface area contributed by atoms with Gasteiger partial charge in [-0.15, -0.1) is 0 Å². The quantitative estimate of drug-likeness (QED) is 0.0149. The number of rotatable bonds is 39. The van der Waals surface area contributed by atoms with Crippen LogP contribution in [0.4, 0.5) is 0 Å². The van der Waals surface area contributed by atoms with Gasteiger partial charge in [-0.05, 0) is 54.6 Å². The molecule has 3 aromatic rings. The van der Waals surface area contributed by atoms with Crippen LogP contribution in [-0.4, -0.2) is 176 Å². The maximum absolute atomic E-state index is 14.5. The van der Waals surface area contributed by atoms with Crippen LogP contribution in [-0.2, 0) is 76.8 Å². The van der Waals surface area contributed by atoms with Gasteiger partial charge in [-0.2, -0.15) is 0 Å². The molecule has 10 unspecified atom stereocenters. The predicted molar refractivity (Wildman–Crippen MR) is 322 cm³/mol. The Morgan fingerprint density at radius 2 is 0.955 bits per heavy atom. The molecule has 2 aromatic carbocycles. The monoisotopic (exact) mass is 1250 g/mol. The van der Waals surface area contributed by atoms with Gasteiger partial charge in [-0.25, -0.2) is 4.98 Å². The minimum atomic E-state index is -1.79. The molecule has 3 rings (SSSR count). The van der Waals surface area contributed by atoms with Crippen LogP contribution in [0.3, 0.4) is 0 Å². The van der Waals surface area contributed by atoms with Crippen LogP contribution in [0.15, 0.2) is 78.2 Å². The van der Waals surface area contributed by atoms with Gasteiger partial charge in [0.1, 0.15) is 54.4 Å². The summed E-state index contributed by atoms with van der Waals surface area (Å²) in [6.07, 6.45) is 0.591. The molecule has 31 heteroatoms. The summed E-state index contributed by atoms with van der Waals surface area (Å²) >= 11 is 0. The fourth-order valence-corrected chi connectivity index (χ4v) is 8.89. The Hall–Kier alpha value is -9.52. The average Bonchev–Trinajstić information content (AvgIpc) is 2.67. The molecule has 31 nitrogen and oxygen atoms in total. The van der Waals surface area contributed by atoms with Crippen LogP contribution < -0.4 is 70.8 Å². The van der Waals surface area contributed by atoms with Gasteiger partial charge in [-0.1, -0.05) is 102 Å². The van der Waals surface area contributed by atoms with E-state index in [2.05, 4.69) is 62.8 Å². The molecule has 0 saturated carbocycles. The van der Waals surface area contributed by atoms with Crippen molar-refractivity contribution in [2.75, 3.05) is 13.2 Å². The number of carbonyl (C=O) groups excluding carboxylic acids is 10. The van der Waals surface area contributed by atoms with Crippen molar-refractivity contribution in [1.29, 1.82) is 0 Å². The summed E-state index contributed by atoms with van der Waals surface area (Å²) in [5.41, 5.74) is 24.0. The van der Waals surface area contributed by atoms with E-state index in [1.165, 1.54) is 26.4 Å². The summed E-state index contributed by atoms with van der Waals surface area (Å²) in [4.78, 5) is 172. The highest BCUT2D eigenvalue weighted by Gasteiger charge is 2.37. The Morgan fingerprint density at radius 3 is 1.45 bits per heavy atom. The second kappa shape index (κ2) is 37.2. The maximum Gasteiger partial charge on any atom is 0.305 e. The molecule has 0 spiro atoms. The number of hydrogen-bond donors (Lipinski definition) is 17. The average molecular weight is 1250 g/mol. The van der Waals surface area contributed by atoms with Crippen molar-refractivity contribution in [2.24, 2.45) is 45.7 Å². The number of aliphatic hydroxyl groups is 1. The Labute approximate surface area is 514 Å². The smallest absolute Gasteiger partial charge is 0.305 e. The number of primary amides is 1. The Bertz CT molecular complexity index is 2890. The number of nitrogens with two attached hydrogens (primary N) is 4. The number of imidazole rings is 1. The number of benzene rings is 2. The Balaban J connectivity index is 1.89. The maximum atomic E-state index is 14.5. The fraction of sp³-hybridized carbons (Fsp3) is 0.517. The van der Waals surface area contributed by atoms with Crippen molar-refractivity contribution < 1.29 is 72.9 Å². The highest BCUT2D eigenvalue weighted by molar-refractivity contribution is 5.99. The molecule has 0 radical (unpaired) electrons. The molecule has 0 fully saturated rings. The number of H-pyrrole nitrogens is 1. The van der Waals surface area contributed by atoms with E-state index in [-0.39, 0.29) is 63.4 Å². The third kappa shape index (κ3) is 26.6. The molecule has 488 valence electrons. The molecule has 0 saturated heterocycles. The first-order valence-electron chi connectivity index (χ1n) is 28.9. The van der Waals surface area contributed by atoms with Gasteiger partial charge < -0.3 is 91.1 Å². The topological polar surface area (TPSA) is 519 Å². The number of aliphatic hydroxyl groups excluding tert-OH is 1. The van der Waals surface area contributed by atoms with Gasteiger partial charge >= 0.3 is 11.9 Å². The summed E-state index contributed by atoms with van der Waals surface area (Å²) in [5, 5.41) is 51.9. The fourth-order valence-electron chi connectivity index (χ4n) is 8.89. The zero-order chi connectivity index (χ0) is 66.5. The normalized spacial score (nSPS) is 14.5. The minimum absolute atomic E-state index is 0.0184. The van der Waals surface area contributed by atoms with Crippen LogP contribution >= 0.6 is 0 Å². The number of aliphatic imine (C=N–C) groups is 1. The molecule has 89 heavy (non-hydrogen) atoms. The molecule has 0 bridgehead atoms. The third-order valence-corrected chi connectivity index (χ3v) is 13.7. The number of carboxylic acid groups (broad SMARTS) is 2. The lowest BCUT2D eigenvalue weighted by atomic mass is 9.98. The number of nitrogens with one attached hydrogen (secondary N) is 10. The number of guanidine groups is 1. The van der Waals surface area contributed by atoms with Gasteiger partial charge in [-0.3, -0.25) is 62.5 Å². The zero-order valence-electron chi connectivity index (χ0n) is 50.7. The number of amides is 10. The van der Waals surface area contributed by atoms with Crippen LogP contribution in [0, 0.1) is 17.8 Å². The SMILES string of the molecule is CC(C)CC(NC(=O)C(Cc1ccccc1)NC(=O)C(CO)NC(=O)C(Cc1cnc[nH]1)NC(=O)C(NC(=O)C(NC(=O)C(CC(=O)O)NC(=O)C(N)CCC(=O)O)C(C)C)C(C)C)C(=O)NC(CCCN=C(N)N)C(=O)NC(Cc1ccccc1)C(N)=O. The van der Waals surface area contributed by atoms with E-state index < -0.39 is 163 Å². The van der Waals surface area contributed by atoms with E-state index in [4.69, 9.17) is 28.0 Å². The lowest BCUT2D eigenvalue weighted by Gasteiger charge is -2.30. The third-order valence-electron chi connectivity index (χ3n) is 13.7. The lowest BCUT2D eigenvalue weighted by molar-refractivity contribution is -0.141. The van der Waals surface area contributed by atoms with Crippen molar-refractivity contribution in [3.05, 3.63) is 90.0 Å². The Kier molecular flexibility index (Phi) is 30.9. The summed E-state index contributed by atoms with van der Waals surface area (Å²) in [6.45, 7) is 8.75. The Morgan fingerprint density at radius 1 is 0.517 bits per heavy atom. The molecule has 1 heterocycles. The molecule has 10 amide bonds. The zero-order valence-corrected chi connectivity index (χ0v) is 50.7. The van der Waals surface area contributed by atoms with Crippen molar-refractivity contribution in [3.8, 4) is 0 Å². The summed E-state index contributed by atoms with van der Waals surface area (Å²) in [7, 11) is 0. The number of carboxylic acids is 2. The van der Waals surface area contributed by atoms with E-state index in [0.29, 0.717) is 16.8 Å². The molecule has 0 aliphatic rings. The van der Waals surface area contributed by atoms with Gasteiger partial charge in [0.15, 0.2) is 5.96 Å². The molecule has 0 aliphatic carbocycles. The first-order chi connectivity index (χ1) is 42.0. The van der Waals surface area contributed by atoms with Crippen molar-refractivity contribution in [1.82, 2.24) is 57.8 Å². The number of nitrogens with zero attached hydrogens (tertiary/aromatic N) is 2. The van der Waals surface area contributed by atoms with E-state index in [9.17, 15) is 67.7 Å². The number of aliphatic carboxylic acids is 2. The summed E-state index contributed by atoms with van der Waals surface area (Å²) in [5.74, 6) is -14.1. The number of aromatic amines is 1. The highest BCUT2D eigenvalue weighted by atomic mass is 16.4. The van der Waals surface area contributed by atoms with Crippen molar-refractivity contribution in [3.63, 3.8) is 0 Å². The largest absolute Gasteiger partial charge is 0.481 e. The summed E-state index contributed by atoms with van der Waals surface area (Å²) in [6, 6.07) is 2.43. The van der Waals surface area contributed by atoms with Crippen molar-refractivity contribution in [2.45, 2.75) is 160 Å². The van der Waals surface area contributed by atoms with Gasteiger partial charge in [0.2, 0.25) is 59.1 Å². The molecular weight excluding hydrogens is 1160 g/mol. The molecule has 0 aliphatic heterocycles. The first kappa shape index (κ1) is 73.7. The lowest BCUT2D eigenvalue weighted by Crippen LogP contribution is -2.62. The summed E-state index contributed by atoms with van der Waals surface area (Å²) < 4.78 is 0. The molecule has 1 aromatic heterocycles. The van der Waals surface area contributed by atoms with E-state index in [1.54, 1.807) is 88.4 Å². The second-order valence-electron chi connectivity index (χ2n) is 22.3. The predicted octanol–water partition coefficient (Wildman–Crippen LogP) is -3.64. The molecule has 10 atom stereocenters. The van der Waals surface area contributed by atoms with Gasteiger partial charge in [0.05, 0.1) is 25.4 Å². The van der Waals surface area contributed by atoms with Crippen molar-refractivity contribution >= 4 is 77.0 Å². The van der Waals surface area contributed by atoms with E-state index >= 15 is 0 Å². The van der Waals surface area contributed by atoms with Crippen LogP contribution in [0.1, 0.15) is 96.9 Å². The number of hydrogen-bond acceptors (Lipinski definition) is 16. The molecule has 21 N–H and O–H groups in total. The van der Waals surface area contributed by atoms with Crippen LogP contribution in [0.2, 0.25) is 0 Å². The molecular formula is C58H86N16O15. The van der Waals surface area contributed by atoms with E-state index in [1.807, 2.05) is 0 Å². The highest BCUT2D eigenvalue weighted by Crippen LogP contribution is 2.14.